The highest BCUT2D eigenvalue weighted by Crippen LogP contribution is 2.23. The fraction of sp³-hybridized carbons (Fsp3) is 0.500. The Morgan fingerprint density at radius 1 is 1.40 bits per heavy atom. The molecule has 0 saturated carbocycles. The highest BCUT2D eigenvalue weighted by atomic mass is 32.1. The molecule has 0 radical (unpaired) electrons. The zero-order valence-electron chi connectivity index (χ0n) is 9.17. The minimum atomic E-state index is 0.279. The molecule has 3 heteroatoms. The lowest BCUT2D eigenvalue weighted by Crippen LogP contribution is -2.04. The summed E-state index contributed by atoms with van der Waals surface area (Å²) in [5, 5.41) is 1.14. The highest BCUT2D eigenvalue weighted by Gasteiger charge is 2.12. The van der Waals surface area contributed by atoms with Crippen molar-refractivity contribution in [1.29, 1.82) is 0 Å². The average Bonchev–Trinajstić information content (AvgIpc) is 2.45. The van der Waals surface area contributed by atoms with Crippen molar-refractivity contribution in [1.82, 2.24) is 4.98 Å². The Balaban J connectivity index is 2.11. The third-order valence-corrected chi connectivity index (χ3v) is 3.81. The fourth-order valence-corrected chi connectivity index (χ4v) is 2.80. The molecule has 2 rings (SSSR count). The number of hydrogen-bond acceptors (Lipinski definition) is 3. The Hall–Kier alpha value is -0.960. The van der Waals surface area contributed by atoms with E-state index in [9.17, 15) is 4.79 Å². The number of ketones is 1. The molecule has 1 aromatic rings. The lowest BCUT2D eigenvalue weighted by atomic mass is 9.97. The largest absolute Gasteiger partial charge is 0.295 e. The second-order valence-electron chi connectivity index (χ2n) is 4.05. The molecular formula is C12H15NOS. The summed E-state index contributed by atoms with van der Waals surface area (Å²) in [7, 11) is 0. The number of hydrogen-bond donors (Lipinski definition) is 0. The van der Waals surface area contributed by atoms with E-state index in [4.69, 9.17) is 0 Å². The van der Waals surface area contributed by atoms with E-state index in [0.717, 1.165) is 36.4 Å². The number of nitrogens with zero attached hydrogens (tertiary/aromatic N) is 1. The smallest absolute Gasteiger partial charge is 0.155 e. The molecule has 1 aliphatic rings. The van der Waals surface area contributed by atoms with Crippen LogP contribution in [-0.2, 0) is 11.2 Å². The van der Waals surface area contributed by atoms with Crippen LogP contribution in [0.2, 0.25) is 0 Å². The summed E-state index contributed by atoms with van der Waals surface area (Å²) in [4.78, 5) is 17.0. The number of allylic oxidation sites excluding steroid dienone is 2. The summed E-state index contributed by atoms with van der Waals surface area (Å²) in [6, 6.07) is 0. The molecule has 0 atom stereocenters. The molecule has 2 nitrogen and oxygen atoms in total. The maximum absolute atomic E-state index is 11.2. The molecule has 15 heavy (non-hydrogen) atoms. The maximum atomic E-state index is 11.2. The van der Waals surface area contributed by atoms with E-state index >= 15 is 0 Å². The van der Waals surface area contributed by atoms with Crippen molar-refractivity contribution in [3.05, 3.63) is 27.2 Å². The summed E-state index contributed by atoms with van der Waals surface area (Å²) >= 11 is 1.75. The van der Waals surface area contributed by atoms with Gasteiger partial charge >= 0.3 is 0 Å². The van der Waals surface area contributed by atoms with Crippen molar-refractivity contribution < 1.29 is 4.79 Å². The van der Waals surface area contributed by atoms with Crippen LogP contribution in [0.3, 0.4) is 0 Å². The van der Waals surface area contributed by atoms with Crippen LogP contribution in [0.4, 0.5) is 0 Å². The van der Waals surface area contributed by atoms with Gasteiger partial charge < -0.3 is 0 Å². The van der Waals surface area contributed by atoms with Crippen molar-refractivity contribution in [2.24, 2.45) is 0 Å². The van der Waals surface area contributed by atoms with E-state index in [1.54, 1.807) is 11.3 Å². The van der Waals surface area contributed by atoms with Crippen molar-refractivity contribution in [2.45, 2.75) is 39.5 Å². The molecule has 0 aliphatic heterocycles. The van der Waals surface area contributed by atoms with Gasteiger partial charge in [0.15, 0.2) is 5.78 Å². The molecule has 80 valence electrons. The quantitative estimate of drug-likeness (QED) is 0.768. The van der Waals surface area contributed by atoms with E-state index in [0.29, 0.717) is 0 Å². The van der Waals surface area contributed by atoms with E-state index in [-0.39, 0.29) is 5.78 Å². The topological polar surface area (TPSA) is 30.0 Å². The third-order valence-electron chi connectivity index (χ3n) is 2.74. The molecule has 1 heterocycles. The molecule has 1 aromatic heterocycles. The minimum Gasteiger partial charge on any atom is -0.295 e. The third kappa shape index (κ3) is 2.53. The number of carbonyl (C=O) groups excluding carboxylic acids is 1. The highest BCUT2D eigenvalue weighted by molar-refractivity contribution is 7.11. The molecule has 0 amide bonds. The molecule has 0 bridgehead atoms. The fourth-order valence-electron chi connectivity index (χ4n) is 1.81. The van der Waals surface area contributed by atoms with Crippen LogP contribution in [0.1, 0.15) is 34.8 Å². The van der Waals surface area contributed by atoms with Gasteiger partial charge in [-0.2, -0.15) is 0 Å². The summed E-state index contributed by atoms with van der Waals surface area (Å²) < 4.78 is 0. The van der Waals surface area contributed by atoms with Crippen LogP contribution in [0.25, 0.3) is 0 Å². The SMILES string of the molecule is Cc1nc(CC2=CC(=O)CCC2)sc1C. The van der Waals surface area contributed by atoms with Gasteiger partial charge in [0, 0.05) is 17.7 Å². The van der Waals surface area contributed by atoms with Crippen LogP contribution in [0.15, 0.2) is 11.6 Å². The van der Waals surface area contributed by atoms with Gasteiger partial charge in [0.1, 0.15) is 0 Å². The first-order valence-corrected chi connectivity index (χ1v) is 6.12. The first-order valence-electron chi connectivity index (χ1n) is 5.30. The molecule has 0 N–H and O–H groups in total. The minimum absolute atomic E-state index is 0.279. The summed E-state index contributed by atoms with van der Waals surface area (Å²) in [5.41, 5.74) is 2.37. The maximum Gasteiger partial charge on any atom is 0.155 e. The normalized spacial score (nSPS) is 16.7. The molecule has 0 aromatic carbocycles. The van der Waals surface area contributed by atoms with Gasteiger partial charge in [-0.15, -0.1) is 11.3 Å². The molecule has 0 spiro atoms. The summed E-state index contributed by atoms with van der Waals surface area (Å²) in [6.45, 7) is 4.13. The predicted molar refractivity (Wildman–Crippen MR) is 62.2 cm³/mol. The van der Waals surface area contributed by atoms with Crippen molar-refractivity contribution in [2.75, 3.05) is 0 Å². The van der Waals surface area contributed by atoms with Crippen molar-refractivity contribution in [3.8, 4) is 0 Å². The predicted octanol–water partition coefficient (Wildman–Crippen LogP) is 2.98. The van der Waals surface area contributed by atoms with E-state index in [1.165, 1.54) is 10.5 Å². The molecule has 0 saturated heterocycles. The zero-order valence-corrected chi connectivity index (χ0v) is 9.99. The first kappa shape index (κ1) is 10.6. The molecule has 0 unspecified atom stereocenters. The zero-order chi connectivity index (χ0) is 10.8. The average molecular weight is 221 g/mol. The Kier molecular flexibility index (Phi) is 3.00. The van der Waals surface area contributed by atoms with E-state index in [1.807, 2.05) is 13.0 Å². The second kappa shape index (κ2) is 4.27. The summed E-state index contributed by atoms with van der Waals surface area (Å²) in [6.07, 6.45) is 5.47. The number of thiazole rings is 1. The Bertz CT molecular complexity index is 398. The van der Waals surface area contributed by atoms with Gasteiger partial charge in [0.25, 0.3) is 0 Å². The standard InChI is InChI=1S/C12H15NOS/c1-8-9(2)15-12(13-8)7-10-4-3-5-11(14)6-10/h6H,3-5,7H2,1-2H3. The van der Waals surface area contributed by atoms with Crippen molar-refractivity contribution in [3.63, 3.8) is 0 Å². The van der Waals surface area contributed by atoms with Crippen LogP contribution in [0, 0.1) is 13.8 Å². The van der Waals surface area contributed by atoms with Gasteiger partial charge in [-0.25, -0.2) is 4.98 Å². The molecule has 0 fully saturated rings. The molecule has 1 aliphatic carbocycles. The Labute approximate surface area is 94.0 Å². The monoisotopic (exact) mass is 221 g/mol. The number of aryl methyl sites for hydroxylation is 2. The van der Waals surface area contributed by atoms with E-state index < -0.39 is 0 Å². The van der Waals surface area contributed by atoms with Crippen molar-refractivity contribution >= 4 is 17.1 Å². The second-order valence-corrected chi connectivity index (χ2v) is 5.34. The van der Waals surface area contributed by atoms with Gasteiger partial charge in [-0.05, 0) is 32.8 Å². The number of rotatable bonds is 2. The first-order chi connectivity index (χ1) is 7.15. The van der Waals surface area contributed by atoms with Gasteiger partial charge in [-0.3, -0.25) is 4.79 Å². The van der Waals surface area contributed by atoms with Crippen LogP contribution < -0.4 is 0 Å². The van der Waals surface area contributed by atoms with Crippen LogP contribution >= 0.6 is 11.3 Å². The van der Waals surface area contributed by atoms with Gasteiger partial charge in [0.05, 0.1) is 10.7 Å². The molecular weight excluding hydrogens is 206 g/mol. The number of carbonyl (C=O) groups is 1. The Morgan fingerprint density at radius 2 is 2.20 bits per heavy atom. The Morgan fingerprint density at radius 3 is 2.80 bits per heavy atom. The van der Waals surface area contributed by atoms with E-state index in [2.05, 4.69) is 11.9 Å². The lowest BCUT2D eigenvalue weighted by Gasteiger charge is -2.09. The van der Waals surface area contributed by atoms with Crippen LogP contribution in [0.5, 0.6) is 0 Å². The lowest BCUT2D eigenvalue weighted by molar-refractivity contribution is -0.115. The van der Waals surface area contributed by atoms with Gasteiger partial charge in [-0.1, -0.05) is 5.57 Å². The van der Waals surface area contributed by atoms with Crippen LogP contribution in [-0.4, -0.2) is 10.8 Å². The number of aromatic nitrogens is 1. The van der Waals surface area contributed by atoms with Gasteiger partial charge in [0.2, 0.25) is 0 Å². The summed E-state index contributed by atoms with van der Waals surface area (Å²) in [5.74, 6) is 0.279.